The normalized spacial score (nSPS) is 10.7. The molecular formula is C18H16Cl2N4O2S. The van der Waals surface area contributed by atoms with Gasteiger partial charge >= 0.3 is 0 Å². The van der Waals surface area contributed by atoms with Crippen LogP contribution in [0.1, 0.15) is 21.7 Å². The second-order valence-corrected chi connectivity index (χ2v) is 7.33. The van der Waals surface area contributed by atoms with Gasteiger partial charge in [-0.15, -0.1) is 10.2 Å². The molecule has 1 N–H and O–H groups in total. The number of hydrogen-bond donors (Lipinski definition) is 1. The number of carbonyl (C=O) groups is 1. The van der Waals surface area contributed by atoms with Crippen molar-refractivity contribution < 1.29 is 9.53 Å². The predicted octanol–water partition coefficient (Wildman–Crippen LogP) is 4.58. The van der Waals surface area contributed by atoms with Crippen molar-refractivity contribution in [3.63, 3.8) is 0 Å². The maximum atomic E-state index is 12.8. The number of nitrogens with one attached hydrogen (secondary N) is 1. The first-order valence-corrected chi connectivity index (χ1v) is 9.67. The number of halogens is 2. The molecule has 0 bridgehead atoms. The molecule has 0 saturated heterocycles. The van der Waals surface area contributed by atoms with Crippen LogP contribution in [0.5, 0.6) is 5.75 Å². The van der Waals surface area contributed by atoms with Crippen molar-refractivity contribution in [2.75, 3.05) is 12.5 Å². The van der Waals surface area contributed by atoms with Crippen LogP contribution in [0.4, 0.5) is 0 Å². The smallest absolute Gasteiger partial charge is 0.274 e. The number of benzene rings is 2. The lowest BCUT2D eigenvalue weighted by atomic mass is 10.2. The van der Waals surface area contributed by atoms with Crippen molar-refractivity contribution in [1.82, 2.24) is 14.9 Å². The Morgan fingerprint density at radius 1 is 1.22 bits per heavy atom. The first-order chi connectivity index (χ1) is 13.0. The summed E-state index contributed by atoms with van der Waals surface area (Å²) < 4.78 is 6.77. The maximum Gasteiger partial charge on any atom is 0.274 e. The van der Waals surface area contributed by atoms with Crippen LogP contribution < -0.4 is 10.2 Å². The lowest BCUT2D eigenvalue weighted by molar-refractivity contribution is 0.100. The Kier molecular flexibility index (Phi) is 6.26. The quantitative estimate of drug-likeness (QED) is 0.588. The van der Waals surface area contributed by atoms with Crippen molar-refractivity contribution in [3.05, 3.63) is 69.5 Å². The lowest BCUT2D eigenvalue weighted by Gasteiger charge is -2.13. The van der Waals surface area contributed by atoms with E-state index in [0.29, 0.717) is 21.8 Å². The standard InChI is InChI=1S/C18H16Cl2N4O2S/c1-11-21-22-18(27-10-12-6-4-3-5-7-12)24(11)23-17(25)14-8-13(19)9-15(20)16(14)26-2/h3-9H,10H2,1-2H3,(H,23,25). The number of carbonyl (C=O) groups excluding carboxylic acids is 1. The van der Waals surface area contributed by atoms with Gasteiger partial charge < -0.3 is 4.74 Å². The van der Waals surface area contributed by atoms with Crippen LogP contribution in [0.15, 0.2) is 47.6 Å². The van der Waals surface area contributed by atoms with Gasteiger partial charge in [0, 0.05) is 10.8 Å². The van der Waals surface area contributed by atoms with Crippen molar-refractivity contribution in [3.8, 4) is 5.75 Å². The second-order valence-electron chi connectivity index (χ2n) is 5.55. The molecule has 0 saturated carbocycles. The Bertz CT molecular complexity index is 963. The number of ether oxygens (including phenoxy) is 1. The van der Waals surface area contributed by atoms with E-state index < -0.39 is 5.91 Å². The molecule has 0 radical (unpaired) electrons. The van der Waals surface area contributed by atoms with Gasteiger partial charge in [-0.3, -0.25) is 10.2 Å². The summed E-state index contributed by atoms with van der Waals surface area (Å²) in [6.45, 7) is 1.75. The van der Waals surface area contributed by atoms with Gasteiger partial charge in [0.25, 0.3) is 5.91 Å². The zero-order chi connectivity index (χ0) is 19.4. The zero-order valence-corrected chi connectivity index (χ0v) is 16.9. The largest absolute Gasteiger partial charge is 0.494 e. The number of thioether (sulfide) groups is 1. The lowest BCUT2D eigenvalue weighted by Crippen LogP contribution is -2.25. The van der Waals surface area contributed by atoms with Crippen molar-refractivity contribution in [2.24, 2.45) is 0 Å². The molecule has 0 fully saturated rings. The zero-order valence-electron chi connectivity index (χ0n) is 14.6. The van der Waals surface area contributed by atoms with Crippen LogP contribution in [0.2, 0.25) is 10.0 Å². The highest BCUT2D eigenvalue weighted by molar-refractivity contribution is 7.98. The van der Waals surface area contributed by atoms with E-state index in [4.69, 9.17) is 27.9 Å². The minimum absolute atomic E-state index is 0.224. The summed E-state index contributed by atoms with van der Waals surface area (Å²) in [6, 6.07) is 13.0. The first kappa shape index (κ1) is 19.5. The fourth-order valence-electron chi connectivity index (χ4n) is 2.39. The van der Waals surface area contributed by atoms with Crippen LogP contribution in [0.3, 0.4) is 0 Å². The van der Waals surface area contributed by atoms with Gasteiger partial charge in [0.15, 0.2) is 0 Å². The molecule has 3 aromatic rings. The number of aromatic nitrogens is 3. The molecule has 1 amide bonds. The van der Waals surface area contributed by atoms with E-state index in [9.17, 15) is 4.79 Å². The van der Waals surface area contributed by atoms with Gasteiger partial charge in [0.1, 0.15) is 11.6 Å². The van der Waals surface area contributed by atoms with Crippen LogP contribution in [0.25, 0.3) is 0 Å². The average Bonchev–Trinajstić information content (AvgIpc) is 3.00. The van der Waals surface area contributed by atoms with E-state index in [1.165, 1.54) is 35.7 Å². The number of rotatable bonds is 6. The number of nitrogens with zero attached hydrogens (tertiary/aromatic N) is 3. The average molecular weight is 423 g/mol. The number of aryl methyl sites for hydroxylation is 1. The molecule has 2 aromatic carbocycles. The summed E-state index contributed by atoms with van der Waals surface area (Å²) in [5.41, 5.74) is 4.14. The van der Waals surface area contributed by atoms with Gasteiger partial charge in [-0.05, 0) is 24.6 Å². The van der Waals surface area contributed by atoms with Gasteiger partial charge in [-0.25, -0.2) is 4.68 Å². The Hall–Kier alpha value is -2.22. The molecule has 0 atom stereocenters. The van der Waals surface area contributed by atoms with Crippen molar-refractivity contribution >= 4 is 40.9 Å². The van der Waals surface area contributed by atoms with Crippen molar-refractivity contribution in [2.45, 2.75) is 17.8 Å². The molecule has 1 heterocycles. The molecule has 0 unspecified atom stereocenters. The summed E-state index contributed by atoms with van der Waals surface area (Å²) in [5, 5.41) is 9.34. The Morgan fingerprint density at radius 3 is 2.67 bits per heavy atom. The molecule has 0 aliphatic rings. The van der Waals surface area contributed by atoms with Gasteiger partial charge in [-0.2, -0.15) is 0 Å². The predicted molar refractivity (Wildman–Crippen MR) is 107 cm³/mol. The van der Waals surface area contributed by atoms with Crippen molar-refractivity contribution in [1.29, 1.82) is 0 Å². The molecule has 1 aromatic heterocycles. The third-order valence-electron chi connectivity index (χ3n) is 3.68. The monoisotopic (exact) mass is 422 g/mol. The first-order valence-electron chi connectivity index (χ1n) is 7.92. The van der Waals surface area contributed by atoms with E-state index in [2.05, 4.69) is 15.6 Å². The fourth-order valence-corrected chi connectivity index (χ4v) is 3.85. The highest BCUT2D eigenvalue weighted by Gasteiger charge is 2.19. The van der Waals surface area contributed by atoms with Gasteiger partial charge in [0.05, 0.1) is 17.7 Å². The van der Waals surface area contributed by atoms with Crippen LogP contribution >= 0.6 is 35.0 Å². The third kappa shape index (κ3) is 4.55. The summed E-state index contributed by atoms with van der Waals surface area (Å²) >= 11 is 13.6. The topological polar surface area (TPSA) is 69.0 Å². The second kappa shape index (κ2) is 8.65. The SMILES string of the molecule is COc1c(Cl)cc(Cl)cc1C(=O)Nn1c(C)nnc1SCc1ccccc1. The summed E-state index contributed by atoms with van der Waals surface area (Å²) in [7, 11) is 1.44. The molecule has 27 heavy (non-hydrogen) atoms. The summed E-state index contributed by atoms with van der Waals surface area (Å²) in [6.07, 6.45) is 0. The Morgan fingerprint density at radius 2 is 1.96 bits per heavy atom. The minimum atomic E-state index is -0.430. The van der Waals surface area contributed by atoms with E-state index in [1.807, 2.05) is 30.3 Å². The summed E-state index contributed by atoms with van der Waals surface area (Å²) in [4.78, 5) is 12.8. The Labute approximate surface area is 170 Å². The van der Waals surface area contributed by atoms with Crippen LogP contribution in [0, 0.1) is 6.92 Å². The molecule has 6 nitrogen and oxygen atoms in total. The molecule has 9 heteroatoms. The van der Waals surface area contributed by atoms with Crippen LogP contribution in [-0.2, 0) is 5.75 Å². The molecule has 0 spiro atoms. The number of hydrogen-bond acceptors (Lipinski definition) is 5. The maximum absolute atomic E-state index is 12.8. The highest BCUT2D eigenvalue weighted by Crippen LogP contribution is 2.32. The Balaban J connectivity index is 1.82. The highest BCUT2D eigenvalue weighted by atomic mass is 35.5. The molecule has 0 aliphatic carbocycles. The van der Waals surface area contributed by atoms with E-state index in [-0.39, 0.29) is 16.3 Å². The third-order valence-corrected chi connectivity index (χ3v) is 5.18. The fraction of sp³-hybridized carbons (Fsp3) is 0.167. The van der Waals surface area contributed by atoms with Crippen LogP contribution in [-0.4, -0.2) is 27.9 Å². The number of amides is 1. The van der Waals surface area contributed by atoms with E-state index in [1.54, 1.807) is 6.92 Å². The number of methoxy groups -OCH3 is 1. The summed E-state index contributed by atoms with van der Waals surface area (Å²) in [5.74, 6) is 1.07. The molecule has 0 aliphatic heterocycles. The van der Waals surface area contributed by atoms with Gasteiger partial charge in [0.2, 0.25) is 5.16 Å². The molecular weight excluding hydrogens is 407 g/mol. The minimum Gasteiger partial charge on any atom is -0.494 e. The van der Waals surface area contributed by atoms with E-state index >= 15 is 0 Å². The molecule has 140 valence electrons. The molecule has 3 rings (SSSR count). The van der Waals surface area contributed by atoms with E-state index in [0.717, 1.165) is 5.56 Å². The van der Waals surface area contributed by atoms with Gasteiger partial charge in [-0.1, -0.05) is 65.3 Å².